The van der Waals surface area contributed by atoms with E-state index in [4.69, 9.17) is 9.57 Å². The highest BCUT2D eigenvalue weighted by atomic mass is 16.6. The smallest absolute Gasteiger partial charge is 0.160 e. The monoisotopic (exact) mass is 339 g/mol. The topological polar surface area (TPSA) is 90.0 Å². The van der Waals surface area contributed by atoms with Gasteiger partial charge in [-0.05, 0) is 65.0 Å². The van der Waals surface area contributed by atoms with Crippen LogP contribution in [0.1, 0.15) is 29.5 Å². The van der Waals surface area contributed by atoms with E-state index < -0.39 is 0 Å². The molecule has 0 spiro atoms. The largest absolute Gasteiger partial charge is 0.504 e. The summed E-state index contributed by atoms with van der Waals surface area (Å²) in [6, 6.07) is 9.15. The molecular weight excluding hydrogens is 322 g/mol. The number of fused-ring (bicyclic) bond motifs is 2. The van der Waals surface area contributed by atoms with E-state index >= 15 is 0 Å². The lowest BCUT2D eigenvalue weighted by Gasteiger charge is -2.19. The lowest BCUT2D eigenvalue weighted by Crippen LogP contribution is -2.12. The Kier molecular flexibility index (Phi) is 3.97. The molecule has 0 saturated heterocycles. The quantitative estimate of drug-likeness (QED) is 0.734. The van der Waals surface area contributed by atoms with Gasteiger partial charge < -0.3 is 14.7 Å². The van der Waals surface area contributed by atoms with Gasteiger partial charge in [-0.2, -0.15) is 0 Å². The van der Waals surface area contributed by atoms with Gasteiger partial charge in [0, 0.05) is 5.56 Å². The Hall–Kier alpha value is -3.09. The second-order valence-corrected chi connectivity index (χ2v) is 5.93. The lowest BCUT2D eigenvalue weighted by atomic mass is 9.89. The number of phenolic OH excluding ortho intramolecular Hbond substituents is 1. The summed E-state index contributed by atoms with van der Waals surface area (Å²) < 4.78 is 9.86. The summed E-state index contributed by atoms with van der Waals surface area (Å²) in [4.78, 5) is 5.53. The summed E-state index contributed by atoms with van der Waals surface area (Å²) in [6.07, 6.45) is 2.73. The van der Waals surface area contributed by atoms with Crippen molar-refractivity contribution >= 4 is 16.7 Å². The summed E-state index contributed by atoms with van der Waals surface area (Å²) in [5, 5.41) is 21.9. The van der Waals surface area contributed by atoms with E-state index in [1.807, 2.05) is 24.3 Å². The number of aryl methyl sites for hydroxylation is 1. The average Bonchev–Trinajstić information content (AvgIpc) is 3.09. The van der Waals surface area contributed by atoms with Gasteiger partial charge >= 0.3 is 0 Å². The summed E-state index contributed by atoms with van der Waals surface area (Å²) in [5.41, 5.74) is 5.19. The number of aromatic hydroxyl groups is 1. The highest BCUT2D eigenvalue weighted by molar-refractivity contribution is 6.03. The first-order chi connectivity index (χ1) is 12.2. The first kappa shape index (κ1) is 15.4. The molecule has 7 nitrogen and oxygen atoms in total. The van der Waals surface area contributed by atoms with Gasteiger partial charge in [0.15, 0.2) is 11.5 Å². The molecule has 25 heavy (non-hydrogen) atoms. The fourth-order valence-electron chi connectivity index (χ4n) is 3.03. The van der Waals surface area contributed by atoms with Gasteiger partial charge in [0.25, 0.3) is 0 Å². The van der Waals surface area contributed by atoms with Crippen LogP contribution in [-0.4, -0.2) is 28.2 Å². The Balaban J connectivity index is 1.53. The second-order valence-electron chi connectivity index (χ2n) is 5.93. The van der Waals surface area contributed by atoms with Crippen LogP contribution in [0, 0.1) is 0 Å². The number of oxime groups is 1. The summed E-state index contributed by atoms with van der Waals surface area (Å²) in [5.74, 6) is 0.593. The molecule has 0 saturated carbocycles. The van der Waals surface area contributed by atoms with Crippen molar-refractivity contribution in [2.24, 2.45) is 5.16 Å². The van der Waals surface area contributed by atoms with E-state index in [0.717, 1.165) is 41.7 Å². The number of rotatable bonds is 4. The molecule has 0 radical (unpaired) electrons. The first-order valence-corrected chi connectivity index (χ1v) is 8.05. The van der Waals surface area contributed by atoms with Crippen LogP contribution in [0.25, 0.3) is 11.0 Å². The van der Waals surface area contributed by atoms with Crippen LogP contribution in [0.2, 0.25) is 0 Å². The minimum absolute atomic E-state index is 0.111. The summed E-state index contributed by atoms with van der Waals surface area (Å²) in [7, 11) is 1.55. The molecule has 3 aromatic rings. The number of hydrogen-bond donors (Lipinski definition) is 1. The van der Waals surface area contributed by atoms with E-state index in [9.17, 15) is 5.11 Å². The minimum Gasteiger partial charge on any atom is -0.504 e. The number of nitrogens with zero attached hydrogens (tertiary/aromatic N) is 3. The van der Waals surface area contributed by atoms with Crippen molar-refractivity contribution in [3.05, 3.63) is 47.0 Å². The van der Waals surface area contributed by atoms with Gasteiger partial charge in [-0.25, -0.2) is 4.63 Å². The maximum Gasteiger partial charge on any atom is 0.160 e. The second kappa shape index (κ2) is 6.43. The van der Waals surface area contributed by atoms with Crippen molar-refractivity contribution in [3.8, 4) is 11.5 Å². The standard InChI is InChI=1S/C18H17N3O4/c1-23-18-8-12-3-2-4-14(13(12)9-17(18)22)19-24-10-11-5-6-15-16(7-11)21-25-20-15/h5-9,22H,2-4,10H2,1H3/b19-14-. The zero-order valence-electron chi connectivity index (χ0n) is 13.7. The molecule has 4 rings (SSSR count). The lowest BCUT2D eigenvalue weighted by molar-refractivity contribution is 0.130. The Bertz CT molecular complexity index is 949. The molecule has 2 aromatic carbocycles. The third-order valence-corrected chi connectivity index (χ3v) is 4.30. The van der Waals surface area contributed by atoms with Crippen LogP contribution in [0.15, 0.2) is 40.1 Å². The predicted molar refractivity (Wildman–Crippen MR) is 90.7 cm³/mol. The van der Waals surface area contributed by atoms with Crippen LogP contribution in [0.5, 0.6) is 11.5 Å². The Labute approximate surface area is 143 Å². The van der Waals surface area contributed by atoms with Crippen molar-refractivity contribution < 1.29 is 19.3 Å². The molecule has 0 aliphatic heterocycles. The maximum absolute atomic E-state index is 10.0. The molecule has 7 heteroatoms. The van der Waals surface area contributed by atoms with Crippen LogP contribution in [0.3, 0.4) is 0 Å². The zero-order chi connectivity index (χ0) is 17.2. The third-order valence-electron chi connectivity index (χ3n) is 4.30. The van der Waals surface area contributed by atoms with Crippen molar-refractivity contribution in [1.82, 2.24) is 10.3 Å². The highest BCUT2D eigenvalue weighted by Crippen LogP contribution is 2.33. The van der Waals surface area contributed by atoms with Crippen molar-refractivity contribution in [3.63, 3.8) is 0 Å². The van der Waals surface area contributed by atoms with Crippen LogP contribution in [-0.2, 0) is 17.9 Å². The van der Waals surface area contributed by atoms with Gasteiger partial charge in [0.1, 0.15) is 17.6 Å². The van der Waals surface area contributed by atoms with E-state index in [0.29, 0.717) is 23.4 Å². The van der Waals surface area contributed by atoms with Crippen molar-refractivity contribution in [1.29, 1.82) is 0 Å². The van der Waals surface area contributed by atoms with Crippen LogP contribution < -0.4 is 4.74 Å². The van der Waals surface area contributed by atoms with Gasteiger partial charge in [-0.15, -0.1) is 0 Å². The molecule has 1 N–H and O–H groups in total. The van der Waals surface area contributed by atoms with E-state index in [-0.39, 0.29) is 5.75 Å². The molecule has 0 unspecified atom stereocenters. The van der Waals surface area contributed by atoms with Crippen molar-refractivity contribution in [2.75, 3.05) is 7.11 Å². The van der Waals surface area contributed by atoms with Gasteiger partial charge in [0.05, 0.1) is 12.8 Å². The van der Waals surface area contributed by atoms with E-state index in [2.05, 4.69) is 20.1 Å². The highest BCUT2D eigenvalue weighted by Gasteiger charge is 2.19. The van der Waals surface area contributed by atoms with Crippen molar-refractivity contribution in [2.45, 2.75) is 25.9 Å². The van der Waals surface area contributed by atoms with Gasteiger partial charge in [-0.1, -0.05) is 11.2 Å². The zero-order valence-corrected chi connectivity index (χ0v) is 13.7. The number of methoxy groups -OCH3 is 1. The number of benzene rings is 2. The number of ether oxygens (including phenoxy) is 1. The fraction of sp³-hybridized carbons (Fsp3) is 0.278. The minimum atomic E-state index is 0.111. The maximum atomic E-state index is 10.0. The fourth-order valence-corrected chi connectivity index (χ4v) is 3.03. The van der Waals surface area contributed by atoms with Gasteiger partial charge in [0.2, 0.25) is 0 Å². The molecule has 128 valence electrons. The molecule has 1 heterocycles. The number of hydrogen-bond acceptors (Lipinski definition) is 7. The molecule has 1 aromatic heterocycles. The summed E-state index contributed by atoms with van der Waals surface area (Å²) in [6.45, 7) is 0.323. The molecule has 0 amide bonds. The molecule has 0 bridgehead atoms. The molecule has 1 aliphatic rings. The molecule has 0 fully saturated rings. The third kappa shape index (κ3) is 3.00. The Morgan fingerprint density at radius 2 is 2.04 bits per heavy atom. The SMILES string of the molecule is COc1cc2c(cc1O)/C(=N\OCc1ccc3nonc3c1)CCC2. The Morgan fingerprint density at radius 1 is 1.16 bits per heavy atom. The predicted octanol–water partition coefficient (Wildman–Crippen LogP) is 3.19. The number of aromatic nitrogens is 2. The number of phenols is 1. The average molecular weight is 339 g/mol. The van der Waals surface area contributed by atoms with Gasteiger partial charge in [-0.3, -0.25) is 0 Å². The molecule has 1 aliphatic carbocycles. The molecular formula is C18H17N3O4. The molecule has 0 atom stereocenters. The van der Waals surface area contributed by atoms with E-state index in [1.54, 1.807) is 13.2 Å². The Morgan fingerprint density at radius 3 is 2.92 bits per heavy atom. The van der Waals surface area contributed by atoms with Crippen LogP contribution >= 0.6 is 0 Å². The summed E-state index contributed by atoms with van der Waals surface area (Å²) >= 11 is 0. The van der Waals surface area contributed by atoms with Crippen LogP contribution in [0.4, 0.5) is 0 Å². The van der Waals surface area contributed by atoms with E-state index in [1.165, 1.54) is 0 Å². The normalized spacial score (nSPS) is 15.3. The first-order valence-electron chi connectivity index (χ1n) is 8.05.